The molecule has 5 nitrogen and oxygen atoms in total. The molecule has 1 N–H and O–H groups in total. The summed E-state index contributed by atoms with van der Waals surface area (Å²) in [7, 11) is 0. The highest BCUT2D eigenvalue weighted by molar-refractivity contribution is 9.11. The number of carbonyl (C=O) groups excluding carboxylic acids is 1. The zero-order valence-electron chi connectivity index (χ0n) is 11.8. The van der Waals surface area contributed by atoms with Crippen molar-refractivity contribution in [3.63, 3.8) is 0 Å². The maximum absolute atomic E-state index is 12.1. The lowest BCUT2D eigenvalue weighted by atomic mass is 10.2. The van der Waals surface area contributed by atoms with Gasteiger partial charge in [-0.1, -0.05) is 6.07 Å². The van der Waals surface area contributed by atoms with Gasteiger partial charge < -0.3 is 14.8 Å². The molecule has 0 radical (unpaired) electrons. The normalized spacial score (nSPS) is 12.8. The Hall–Kier alpha value is -2.30. The van der Waals surface area contributed by atoms with Crippen molar-refractivity contribution in [1.82, 2.24) is 5.32 Å². The van der Waals surface area contributed by atoms with Crippen LogP contribution in [0.1, 0.15) is 10.4 Å². The van der Waals surface area contributed by atoms with Crippen LogP contribution < -0.4 is 14.8 Å². The fourth-order valence-electron chi connectivity index (χ4n) is 2.03. The van der Waals surface area contributed by atoms with Gasteiger partial charge in [0.2, 0.25) is 6.79 Å². The Morgan fingerprint density at radius 1 is 1.35 bits per heavy atom. The predicted molar refractivity (Wildman–Crippen MR) is 90.0 cm³/mol. The summed E-state index contributed by atoms with van der Waals surface area (Å²) in [6.45, 7) is 0.519. The third-order valence-corrected chi connectivity index (χ3v) is 4.71. The van der Waals surface area contributed by atoms with Crippen molar-refractivity contribution in [2.45, 2.75) is 6.54 Å². The van der Waals surface area contributed by atoms with E-state index in [2.05, 4.69) is 21.2 Å². The fraction of sp³-hybridized carbons (Fsp3) is 0.125. The molecule has 7 heteroatoms. The molecule has 1 aromatic carbocycles. The second-order valence-corrected chi connectivity index (χ2v) is 7.18. The van der Waals surface area contributed by atoms with Gasteiger partial charge in [-0.25, -0.2) is 0 Å². The van der Waals surface area contributed by atoms with Gasteiger partial charge in [0.05, 0.1) is 3.79 Å². The molecular formula is C16H11BrN2O3S. The summed E-state index contributed by atoms with van der Waals surface area (Å²) in [6.07, 6.45) is 1.57. The van der Waals surface area contributed by atoms with Gasteiger partial charge in [-0.15, -0.1) is 11.3 Å². The first kappa shape index (κ1) is 15.6. The number of halogens is 1. The van der Waals surface area contributed by atoms with E-state index in [4.69, 9.17) is 14.7 Å². The fourth-order valence-corrected chi connectivity index (χ4v) is 3.39. The predicted octanol–water partition coefficient (Wildman–Crippen LogP) is 3.46. The molecule has 1 aliphatic heterocycles. The largest absolute Gasteiger partial charge is 0.454 e. The Balaban J connectivity index is 1.66. The highest BCUT2D eigenvalue weighted by atomic mass is 79.9. The second kappa shape index (κ2) is 6.86. The second-order valence-electron chi connectivity index (χ2n) is 4.68. The first-order chi connectivity index (χ1) is 11.2. The number of ether oxygens (including phenoxy) is 2. The minimum absolute atomic E-state index is 0.0695. The summed E-state index contributed by atoms with van der Waals surface area (Å²) in [4.78, 5) is 13.0. The van der Waals surface area contributed by atoms with Crippen molar-refractivity contribution in [3.8, 4) is 17.6 Å². The summed E-state index contributed by atoms with van der Waals surface area (Å²) in [6, 6.07) is 11.1. The van der Waals surface area contributed by atoms with E-state index in [-0.39, 0.29) is 12.4 Å². The summed E-state index contributed by atoms with van der Waals surface area (Å²) in [5.74, 6) is 0.951. The number of nitrogens with one attached hydrogen (secondary N) is 1. The number of amides is 1. The van der Waals surface area contributed by atoms with Crippen LogP contribution in [0, 0.1) is 11.3 Å². The van der Waals surface area contributed by atoms with Gasteiger partial charge in [0.25, 0.3) is 5.91 Å². The average molecular weight is 391 g/mol. The van der Waals surface area contributed by atoms with Gasteiger partial charge in [-0.05, 0) is 51.8 Å². The summed E-state index contributed by atoms with van der Waals surface area (Å²) in [5, 5.41) is 11.9. The molecule has 0 fully saturated rings. The van der Waals surface area contributed by atoms with E-state index in [1.807, 2.05) is 30.3 Å². The quantitative estimate of drug-likeness (QED) is 0.640. The van der Waals surface area contributed by atoms with Gasteiger partial charge in [-0.3, -0.25) is 4.79 Å². The Morgan fingerprint density at radius 3 is 2.91 bits per heavy atom. The molecule has 116 valence electrons. The van der Waals surface area contributed by atoms with Crippen LogP contribution >= 0.6 is 27.3 Å². The summed E-state index contributed by atoms with van der Waals surface area (Å²) in [5.41, 5.74) is 0.943. The van der Waals surface area contributed by atoms with Crippen LogP contribution in [-0.2, 0) is 11.3 Å². The highest BCUT2D eigenvalue weighted by Crippen LogP contribution is 2.32. The molecule has 3 rings (SSSR count). The van der Waals surface area contributed by atoms with Gasteiger partial charge >= 0.3 is 0 Å². The standard InChI is InChI=1S/C16H11BrN2O3S/c17-15-4-2-12(23-15)6-11(7-18)16(20)19-8-10-1-3-13-14(5-10)22-9-21-13/h1-6H,8-9H2,(H,19,20)/b11-6+. The molecule has 1 aromatic heterocycles. The Kier molecular flexibility index (Phi) is 4.65. The summed E-state index contributed by atoms with van der Waals surface area (Å²) < 4.78 is 11.5. The van der Waals surface area contributed by atoms with E-state index in [0.29, 0.717) is 18.0 Å². The van der Waals surface area contributed by atoms with Crippen molar-refractivity contribution in [2.75, 3.05) is 6.79 Å². The number of thiophene rings is 1. The molecule has 0 aliphatic carbocycles. The van der Waals surface area contributed by atoms with Crippen LogP contribution in [0.2, 0.25) is 0 Å². The molecular weight excluding hydrogens is 380 g/mol. The Bertz CT molecular complexity index is 823. The molecule has 0 bridgehead atoms. The van der Waals surface area contributed by atoms with Gasteiger partial charge in [0.1, 0.15) is 11.6 Å². The molecule has 0 saturated carbocycles. The molecule has 0 atom stereocenters. The lowest BCUT2D eigenvalue weighted by molar-refractivity contribution is -0.117. The van der Waals surface area contributed by atoms with Crippen LogP contribution in [0.5, 0.6) is 11.5 Å². The smallest absolute Gasteiger partial charge is 0.262 e. The van der Waals surface area contributed by atoms with Crippen molar-refractivity contribution >= 4 is 39.2 Å². The number of hydrogen-bond acceptors (Lipinski definition) is 5. The minimum atomic E-state index is -0.408. The minimum Gasteiger partial charge on any atom is -0.454 e. The van der Waals surface area contributed by atoms with Crippen LogP contribution in [0.3, 0.4) is 0 Å². The zero-order chi connectivity index (χ0) is 16.2. The van der Waals surface area contributed by atoms with Crippen molar-refractivity contribution in [3.05, 3.63) is 50.1 Å². The van der Waals surface area contributed by atoms with E-state index < -0.39 is 5.91 Å². The van der Waals surface area contributed by atoms with Gasteiger partial charge in [0.15, 0.2) is 11.5 Å². The van der Waals surface area contributed by atoms with Crippen LogP contribution in [0.4, 0.5) is 0 Å². The van der Waals surface area contributed by atoms with Crippen molar-refractivity contribution < 1.29 is 14.3 Å². The number of carbonyl (C=O) groups is 1. The van der Waals surface area contributed by atoms with Crippen LogP contribution in [-0.4, -0.2) is 12.7 Å². The maximum atomic E-state index is 12.1. The number of nitrogens with zero attached hydrogens (tertiary/aromatic N) is 1. The van der Waals surface area contributed by atoms with E-state index >= 15 is 0 Å². The molecule has 2 aromatic rings. The third kappa shape index (κ3) is 3.73. The molecule has 0 spiro atoms. The lowest BCUT2D eigenvalue weighted by Gasteiger charge is -2.05. The molecule has 0 unspecified atom stereocenters. The molecule has 2 heterocycles. The maximum Gasteiger partial charge on any atom is 0.262 e. The molecule has 0 saturated heterocycles. The zero-order valence-corrected chi connectivity index (χ0v) is 14.2. The Morgan fingerprint density at radius 2 is 2.17 bits per heavy atom. The third-order valence-electron chi connectivity index (χ3n) is 3.14. The number of fused-ring (bicyclic) bond motifs is 1. The molecule has 23 heavy (non-hydrogen) atoms. The highest BCUT2D eigenvalue weighted by Gasteiger charge is 2.14. The van der Waals surface area contributed by atoms with Crippen LogP contribution in [0.15, 0.2) is 39.7 Å². The van der Waals surface area contributed by atoms with Crippen molar-refractivity contribution in [1.29, 1.82) is 5.26 Å². The van der Waals surface area contributed by atoms with E-state index in [9.17, 15) is 4.79 Å². The van der Waals surface area contributed by atoms with Gasteiger partial charge in [-0.2, -0.15) is 5.26 Å². The topological polar surface area (TPSA) is 71.4 Å². The van der Waals surface area contributed by atoms with E-state index in [1.165, 1.54) is 11.3 Å². The Labute approximate surface area is 145 Å². The van der Waals surface area contributed by atoms with Crippen LogP contribution in [0.25, 0.3) is 6.08 Å². The first-order valence-electron chi connectivity index (χ1n) is 6.69. The average Bonchev–Trinajstić information content (AvgIpc) is 3.18. The molecule has 1 amide bonds. The monoisotopic (exact) mass is 390 g/mol. The number of benzene rings is 1. The van der Waals surface area contributed by atoms with Gasteiger partial charge in [0, 0.05) is 11.4 Å². The van der Waals surface area contributed by atoms with Crippen molar-refractivity contribution in [2.24, 2.45) is 0 Å². The van der Waals surface area contributed by atoms with E-state index in [1.54, 1.807) is 12.1 Å². The SMILES string of the molecule is N#C/C(=C\c1ccc(Br)s1)C(=O)NCc1ccc2c(c1)OCO2. The molecule has 1 aliphatic rings. The number of hydrogen-bond donors (Lipinski definition) is 1. The first-order valence-corrected chi connectivity index (χ1v) is 8.30. The van der Waals surface area contributed by atoms with E-state index in [0.717, 1.165) is 14.2 Å². The number of rotatable bonds is 4. The lowest BCUT2D eigenvalue weighted by Crippen LogP contribution is -2.23. The number of nitriles is 1. The summed E-state index contributed by atoms with van der Waals surface area (Å²) >= 11 is 4.81.